The van der Waals surface area contributed by atoms with Gasteiger partial charge in [-0.2, -0.15) is 0 Å². The van der Waals surface area contributed by atoms with Gasteiger partial charge in [0.15, 0.2) is 6.10 Å². The van der Waals surface area contributed by atoms with Gasteiger partial charge in [0.05, 0.1) is 29.0 Å². The number of ether oxygens (including phenoxy) is 4. The summed E-state index contributed by atoms with van der Waals surface area (Å²) in [5, 5.41) is 28.2. The number of rotatable bonds is 16. The SMILES string of the molecule is COc1ccc(C[C@H]2NC(O)/C=C/C[C@@H]([C@H](C)C(OC(=O)CCCCCN3C(=O)C=CC3=O)C(Cl)c3ccccc3)OC(=O)[C@H](CC(C)C)OC(=O)C(C)(C)CNC2O)cc1Cl. The minimum Gasteiger partial charge on any atom is -0.495 e. The summed E-state index contributed by atoms with van der Waals surface area (Å²) in [6, 6.07) is 13.4. The van der Waals surface area contributed by atoms with Gasteiger partial charge in [0, 0.05) is 44.0 Å². The van der Waals surface area contributed by atoms with Crippen molar-refractivity contribution in [2.45, 2.75) is 122 Å². The average Bonchev–Trinajstić information content (AvgIpc) is 3.55. The van der Waals surface area contributed by atoms with Gasteiger partial charge < -0.3 is 29.2 Å². The number of methoxy groups -OCH3 is 1. The number of cyclic esters (lactones) is 2. The van der Waals surface area contributed by atoms with E-state index in [-0.39, 0.29) is 56.5 Å². The zero-order chi connectivity index (χ0) is 45.6. The molecule has 2 aliphatic heterocycles. The number of esters is 3. The molecular formula is C46H61Cl2N3O11. The molecule has 8 atom stereocenters. The van der Waals surface area contributed by atoms with Crippen molar-refractivity contribution in [3.63, 3.8) is 0 Å². The molecule has 0 saturated carbocycles. The second kappa shape index (κ2) is 23.9. The quantitative estimate of drug-likeness (QED) is 0.0387. The molecule has 2 aromatic carbocycles. The Hall–Kier alpha value is -4.31. The third kappa shape index (κ3) is 14.9. The molecule has 62 heavy (non-hydrogen) atoms. The second-order valence-electron chi connectivity index (χ2n) is 16.9. The number of nitrogens with one attached hydrogen (secondary N) is 2. The van der Waals surface area contributed by atoms with Crippen molar-refractivity contribution in [3.05, 3.63) is 89.0 Å². The number of carbonyl (C=O) groups excluding carboxylic acids is 5. The Labute approximate surface area is 374 Å². The highest BCUT2D eigenvalue weighted by Crippen LogP contribution is 2.35. The number of hydrogen-bond acceptors (Lipinski definition) is 13. The van der Waals surface area contributed by atoms with Gasteiger partial charge in [-0.25, -0.2) is 4.79 Å². The molecule has 2 aromatic rings. The Morgan fingerprint density at radius 3 is 2.32 bits per heavy atom. The molecule has 2 amide bonds. The molecule has 14 nitrogen and oxygen atoms in total. The molecule has 4 N–H and O–H groups in total. The number of unbranched alkanes of at least 4 members (excludes halogenated alkanes) is 2. The first-order valence-corrected chi connectivity index (χ1v) is 21.9. The minimum atomic E-state index is -1.30. The van der Waals surface area contributed by atoms with Gasteiger partial charge in [-0.1, -0.05) is 81.3 Å². The van der Waals surface area contributed by atoms with Crippen LogP contribution >= 0.6 is 23.2 Å². The lowest BCUT2D eigenvalue weighted by Gasteiger charge is -2.34. The second-order valence-corrected chi connectivity index (χ2v) is 17.7. The number of amides is 2. The summed E-state index contributed by atoms with van der Waals surface area (Å²) in [5.41, 5.74) is 0.165. The molecule has 0 aliphatic carbocycles. The maximum Gasteiger partial charge on any atom is 0.347 e. The normalized spacial score (nSPS) is 24.6. The van der Waals surface area contributed by atoms with Crippen LogP contribution in [-0.4, -0.2) is 102 Å². The number of benzene rings is 2. The van der Waals surface area contributed by atoms with Crippen molar-refractivity contribution in [2.75, 3.05) is 20.2 Å². The first-order chi connectivity index (χ1) is 29.4. The highest BCUT2D eigenvalue weighted by molar-refractivity contribution is 6.32. The van der Waals surface area contributed by atoms with Crippen LogP contribution in [0.4, 0.5) is 0 Å². The van der Waals surface area contributed by atoms with Gasteiger partial charge in [0.2, 0.25) is 0 Å². The van der Waals surface area contributed by atoms with Gasteiger partial charge >= 0.3 is 17.9 Å². The van der Waals surface area contributed by atoms with Gasteiger partial charge in [0.1, 0.15) is 30.4 Å². The third-order valence-electron chi connectivity index (χ3n) is 10.8. The average molecular weight is 903 g/mol. The molecule has 0 spiro atoms. The maximum absolute atomic E-state index is 14.1. The van der Waals surface area contributed by atoms with E-state index in [1.807, 2.05) is 19.9 Å². The van der Waals surface area contributed by atoms with E-state index in [9.17, 15) is 34.2 Å². The number of alkyl halides is 1. The van der Waals surface area contributed by atoms with E-state index in [1.165, 1.54) is 25.3 Å². The van der Waals surface area contributed by atoms with Crippen LogP contribution in [0, 0.1) is 17.3 Å². The van der Waals surface area contributed by atoms with Gasteiger partial charge in [-0.15, -0.1) is 11.6 Å². The molecule has 16 heteroatoms. The van der Waals surface area contributed by atoms with Crippen molar-refractivity contribution in [2.24, 2.45) is 17.3 Å². The number of aliphatic hydroxyl groups excluding tert-OH is 2. The van der Waals surface area contributed by atoms with Crippen LogP contribution in [0.5, 0.6) is 5.75 Å². The van der Waals surface area contributed by atoms with Gasteiger partial charge in [0.25, 0.3) is 11.8 Å². The topological polar surface area (TPSA) is 190 Å². The van der Waals surface area contributed by atoms with Gasteiger partial charge in [-0.05, 0) is 74.8 Å². The summed E-state index contributed by atoms with van der Waals surface area (Å²) in [7, 11) is 1.50. The maximum atomic E-state index is 14.1. The van der Waals surface area contributed by atoms with E-state index in [2.05, 4.69) is 10.6 Å². The molecule has 2 heterocycles. The van der Waals surface area contributed by atoms with Crippen molar-refractivity contribution in [3.8, 4) is 5.75 Å². The predicted molar refractivity (Wildman–Crippen MR) is 234 cm³/mol. The van der Waals surface area contributed by atoms with Crippen molar-refractivity contribution in [1.82, 2.24) is 15.5 Å². The van der Waals surface area contributed by atoms with E-state index in [0.29, 0.717) is 35.6 Å². The van der Waals surface area contributed by atoms with Crippen LogP contribution in [0.1, 0.15) is 89.6 Å². The van der Waals surface area contributed by atoms with Crippen LogP contribution < -0.4 is 15.4 Å². The zero-order valence-corrected chi connectivity index (χ0v) is 37.8. The first-order valence-electron chi connectivity index (χ1n) is 21.1. The summed E-state index contributed by atoms with van der Waals surface area (Å²) in [6.07, 6.45) is 1.53. The summed E-state index contributed by atoms with van der Waals surface area (Å²) < 4.78 is 23.5. The van der Waals surface area contributed by atoms with Crippen molar-refractivity contribution < 1.29 is 53.1 Å². The number of carbonyl (C=O) groups is 5. The Morgan fingerprint density at radius 2 is 1.68 bits per heavy atom. The largest absolute Gasteiger partial charge is 0.495 e. The molecule has 4 rings (SSSR count). The van der Waals surface area contributed by atoms with E-state index in [0.717, 1.165) is 10.5 Å². The summed E-state index contributed by atoms with van der Waals surface area (Å²) in [6.45, 7) is 8.95. The lowest BCUT2D eigenvalue weighted by atomic mass is 9.90. The van der Waals surface area contributed by atoms with Gasteiger partial charge in [-0.3, -0.25) is 34.7 Å². The van der Waals surface area contributed by atoms with Crippen LogP contribution in [0.25, 0.3) is 0 Å². The number of imide groups is 1. The highest BCUT2D eigenvalue weighted by atomic mass is 35.5. The molecule has 2 aliphatic rings. The predicted octanol–water partition coefficient (Wildman–Crippen LogP) is 5.94. The lowest BCUT2D eigenvalue weighted by Crippen LogP contribution is -2.54. The van der Waals surface area contributed by atoms with E-state index >= 15 is 0 Å². The third-order valence-corrected chi connectivity index (χ3v) is 11.6. The molecule has 0 aromatic heterocycles. The van der Waals surface area contributed by atoms with E-state index in [4.69, 9.17) is 42.1 Å². The number of hydrogen-bond donors (Lipinski definition) is 4. The molecule has 340 valence electrons. The van der Waals surface area contributed by atoms with Crippen LogP contribution in [0.3, 0.4) is 0 Å². The Kier molecular flexibility index (Phi) is 19.4. The summed E-state index contributed by atoms with van der Waals surface area (Å²) in [4.78, 5) is 66.3. The standard InChI is InChI=1S/C46H61Cl2N3O11/c1-28(2)24-36-44(57)60-34(29(3)42(41(48)31-14-9-7-10-15-31)62-40(55)18-11-8-12-23-51-38(53)21-22-39(51)54)16-13-17-37(52)50-33(26-30-19-20-35(59-6)32(47)25-30)43(56)49-27-46(4,5)45(58)61-36/h7,9-10,13-15,17,19-22,25,28-29,33-34,36-37,41-43,49-50,52,56H,8,11-12,16,18,23-24,26-27H2,1-6H3/b17-13+/t29-,33+,34-,36-,37?,41?,42?,43?/m0/s1. The highest BCUT2D eigenvalue weighted by Gasteiger charge is 2.40. The fourth-order valence-corrected chi connectivity index (χ4v) is 7.80. The zero-order valence-electron chi connectivity index (χ0n) is 36.3. The minimum absolute atomic E-state index is 0.0221. The summed E-state index contributed by atoms with van der Waals surface area (Å²) in [5.74, 6) is -3.11. The monoisotopic (exact) mass is 901 g/mol. The molecule has 0 fully saturated rings. The number of halogens is 2. The number of aliphatic hydroxyl groups is 2. The van der Waals surface area contributed by atoms with Crippen LogP contribution in [0.2, 0.25) is 5.02 Å². The molecular weight excluding hydrogens is 841 g/mol. The Morgan fingerprint density at radius 1 is 0.984 bits per heavy atom. The Balaban J connectivity index is 1.62. The molecule has 4 unspecified atom stereocenters. The molecule has 0 bridgehead atoms. The van der Waals surface area contributed by atoms with Crippen molar-refractivity contribution in [1.29, 1.82) is 0 Å². The van der Waals surface area contributed by atoms with E-state index < -0.39 is 71.4 Å². The molecule has 0 radical (unpaired) electrons. The lowest BCUT2D eigenvalue weighted by molar-refractivity contribution is -0.181. The Bertz CT molecular complexity index is 1870. The number of nitrogens with zero attached hydrogens (tertiary/aromatic N) is 1. The fraction of sp³-hybridized carbons (Fsp3) is 0.543. The molecule has 0 saturated heterocycles. The fourth-order valence-electron chi connectivity index (χ4n) is 7.10. The first kappa shape index (κ1) is 50.3. The van der Waals surface area contributed by atoms with Crippen molar-refractivity contribution >= 4 is 52.9 Å². The van der Waals surface area contributed by atoms with Crippen LogP contribution in [0.15, 0.2) is 72.8 Å². The van der Waals surface area contributed by atoms with E-state index in [1.54, 1.807) is 69.3 Å². The summed E-state index contributed by atoms with van der Waals surface area (Å²) >= 11 is 13.5. The smallest absolute Gasteiger partial charge is 0.347 e. The van der Waals surface area contributed by atoms with Crippen LogP contribution in [-0.2, 0) is 44.6 Å².